The largest absolute Gasteiger partial charge is 0.480 e. The summed E-state index contributed by atoms with van der Waals surface area (Å²) in [7, 11) is 1.68. The highest BCUT2D eigenvalue weighted by Crippen LogP contribution is 2.50. The molecular formula is C10H12N2O2. The highest BCUT2D eigenvalue weighted by Gasteiger charge is 2.61. The summed E-state index contributed by atoms with van der Waals surface area (Å²) in [4.78, 5) is 15.2. The second-order valence-electron chi connectivity index (χ2n) is 3.54. The molecule has 1 fully saturated rings. The van der Waals surface area contributed by atoms with Crippen molar-refractivity contribution in [1.82, 2.24) is 10.3 Å². The maximum Gasteiger partial charge on any atom is 0.324 e. The lowest BCUT2D eigenvalue weighted by Gasteiger charge is -2.09. The molecule has 2 atom stereocenters. The number of rotatable bonds is 3. The molecule has 74 valence electrons. The molecule has 1 aliphatic carbocycles. The monoisotopic (exact) mass is 192 g/mol. The SMILES string of the molecule is CNC1(C(=O)O)C[C@H]1c1ccccn1. The summed E-state index contributed by atoms with van der Waals surface area (Å²) in [5.74, 6) is -0.790. The van der Waals surface area contributed by atoms with Crippen LogP contribution >= 0.6 is 0 Å². The van der Waals surface area contributed by atoms with Crippen molar-refractivity contribution in [3.8, 4) is 0 Å². The van der Waals surface area contributed by atoms with Crippen LogP contribution in [-0.4, -0.2) is 28.6 Å². The van der Waals surface area contributed by atoms with Gasteiger partial charge in [0.2, 0.25) is 0 Å². The Morgan fingerprint density at radius 1 is 1.71 bits per heavy atom. The number of hydrogen-bond donors (Lipinski definition) is 2. The fourth-order valence-corrected chi connectivity index (χ4v) is 1.82. The molecule has 4 nitrogen and oxygen atoms in total. The summed E-state index contributed by atoms with van der Waals surface area (Å²) >= 11 is 0. The third-order valence-electron chi connectivity index (χ3n) is 2.83. The fourth-order valence-electron chi connectivity index (χ4n) is 1.82. The Morgan fingerprint density at radius 2 is 2.50 bits per heavy atom. The van der Waals surface area contributed by atoms with E-state index in [4.69, 9.17) is 5.11 Å². The Balaban J connectivity index is 2.22. The van der Waals surface area contributed by atoms with E-state index in [0.717, 1.165) is 5.69 Å². The first-order valence-corrected chi connectivity index (χ1v) is 4.54. The van der Waals surface area contributed by atoms with Crippen LogP contribution in [0.2, 0.25) is 0 Å². The topological polar surface area (TPSA) is 62.2 Å². The average Bonchev–Trinajstić information content (AvgIpc) is 2.95. The van der Waals surface area contributed by atoms with Crippen molar-refractivity contribution in [3.05, 3.63) is 30.1 Å². The predicted octanol–water partition coefficient (Wildman–Crippen LogP) is 0.612. The Labute approximate surface area is 82.0 Å². The van der Waals surface area contributed by atoms with Crippen LogP contribution in [0.25, 0.3) is 0 Å². The van der Waals surface area contributed by atoms with Crippen LogP contribution < -0.4 is 5.32 Å². The summed E-state index contributed by atoms with van der Waals surface area (Å²) < 4.78 is 0. The number of hydrogen-bond acceptors (Lipinski definition) is 3. The number of nitrogens with one attached hydrogen (secondary N) is 1. The molecule has 2 N–H and O–H groups in total. The second-order valence-corrected chi connectivity index (χ2v) is 3.54. The van der Waals surface area contributed by atoms with Gasteiger partial charge in [0, 0.05) is 17.8 Å². The number of carbonyl (C=O) groups is 1. The third-order valence-corrected chi connectivity index (χ3v) is 2.83. The van der Waals surface area contributed by atoms with Crippen molar-refractivity contribution in [2.24, 2.45) is 0 Å². The van der Waals surface area contributed by atoms with E-state index in [-0.39, 0.29) is 5.92 Å². The molecule has 2 rings (SSSR count). The molecule has 0 radical (unpaired) electrons. The first-order valence-electron chi connectivity index (χ1n) is 4.54. The standard InChI is InChI=1S/C10H12N2O2/c1-11-10(9(13)14)6-7(10)8-4-2-3-5-12-8/h2-5,7,11H,6H2,1H3,(H,13,14)/t7-,10?/m0/s1. The lowest BCUT2D eigenvalue weighted by Crippen LogP contribution is -2.38. The molecule has 1 aliphatic rings. The zero-order valence-electron chi connectivity index (χ0n) is 7.90. The Hall–Kier alpha value is -1.42. The first kappa shape index (κ1) is 9.15. The molecular weight excluding hydrogens is 180 g/mol. The molecule has 0 amide bonds. The van der Waals surface area contributed by atoms with Crippen molar-refractivity contribution in [2.45, 2.75) is 17.9 Å². The molecule has 0 bridgehead atoms. The number of aliphatic carboxylic acids is 1. The number of pyridine rings is 1. The van der Waals surface area contributed by atoms with Crippen LogP contribution in [0.15, 0.2) is 24.4 Å². The van der Waals surface area contributed by atoms with E-state index in [9.17, 15) is 4.79 Å². The highest BCUT2D eigenvalue weighted by molar-refractivity contribution is 5.85. The van der Waals surface area contributed by atoms with Crippen LogP contribution in [-0.2, 0) is 4.79 Å². The summed E-state index contributed by atoms with van der Waals surface area (Å²) in [6.07, 6.45) is 2.31. The van der Waals surface area contributed by atoms with Crippen molar-refractivity contribution in [1.29, 1.82) is 0 Å². The summed E-state index contributed by atoms with van der Waals surface area (Å²) in [5, 5.41) is 11.9. The normalized spacial score (nSPS) is 29.9. The molecule has 0 saturated heterocycles. The van der Waals surface area contributed by atoms with E-state index in [2.05, 4.69) is 10.3 Å². The van der Waals surface area contributed by atoms with E-state index in [1.165, 1.54) is 0 Å². The molecule has 14 heavy (non-hydrogen) atoms. The van der Waals surface area contributed by atoms with Crippen molar-refractivity contribution >= 4 is 5.97 Å². The van der Waals surface area contributed by atoms with E-state index in [1.807, 2.05) is 18.2 Å². The van der Waals surface area contributed by atoms with Gasteiger partial charge < -0.3 is 10.4 Å². The van der Waals surface area contributed by atoms with Crippen LogP contribution in [0, 0.1) is 0 Å². The number of carboxylic acid groups (broad SMARTS) is 1. The highest BCUT2D eigenvalue weighted by atomic mass is 16.4. The van der Waals surface area contributed by atoms with Crippen LogP contribution in [0.3, 0.4) is 0 Å². The van der Waals surface area contributed by atoms with Crippen molar-refractivity contribution < 1.29 is 9.90 Å². The molecule has 0 aromatic carbocycles. The molecule has 1 aromatic rings. The lowest BCUT2D eigenvalue weighted by atomic mass is 10.1. The molecule has 1 heterocycles. The Kier molecular flexibility index (Phi) is 2.00. The molecule has 1 aromatic heterocycles. The van der Waals surface area contributed by atoms with Gasteiger partial charge in [-0.2, -0.15) is 0 Å². The van der Waals surface area contributed by atoms with Gasteiger partial charge in [0.05, 0.1) is 0 Å². The summed E-state index contributed by atoms with van der Waals surface area (Å²) in [5.41, 5.74) is 0.0678. The molecule has 1 saturated carbocycles. The van der Waals surface area contributed by atoms with Crippen molar-refractivity contribution in [3.63, 3.8) is 0 Å². The number of likely N-dealkylation sites (N-methyl/N-ethyl adjacent to an activating group) is 1. The fraction of sp³-hybridized carbons (Fsp3) is 0.400. The maximum atomic E-state index is 11.0. The zero-order chi connectivity index (χ0) is 10.2. The van der Waals surface area contributed by atoms with Gasteiger partial charge >= 0.3 is 5.97 Å². The van der Waals surface area contributed by atoms with E-state index < -0.39 is 11.5 Å². The Morgan fingerprint density at radius 3 is 2.93 bits per heavy atom. The first-order chi connectivity index (χ1) is 6.70. The lowest BCUT2D eigenvalue weighted by molar-refractivity contribution is -0.140. The molecule has 4 heteroatoms. The quantitative estimate of drug-likeness (QED) is 0.736. The number of carboxylic acids is 1. The van der Waals surface area contributed by atoms with Crippen LogP contribution in [0.1, 0.15) is 18.0 Å². The van der Waals surface area contributed by atoms with Gasteiger partial charge in [0.25, 0.3) is 0 Å². The van der Waals surface area contributed by atoms with Gasteiger partial charge in [-0.1, -0.05) is 6.07 Å². The minimum Gasteiger partial charge on any atom is -0.480 e. The van der Waals surface area contributed by atoms with Gasteiger partial charge in [-0.25, -0.2) is 0 Å². The molecule has 0 aliphatic heterocycles. The van der Waals surface area contributed by atoms with Crippen LogP contribution in [0.5, 0.6) is 0 Å². The van der Waals surface area contributed by atoms with Gasteiger partial charge in [-0.15, -0.1) is 0 Å². The molecule has 0 spiro atoms. The van der Waals surface area contributed by atoms with Gasteiger partial charge in [0.1, 0.15) is 5.54 Å². The van der Waals surface area contributed by atoms with Gasteiger partial charge in [-0.3, -0.25) is 9.78 Å². The maximum absolute atomic E-state index is 11.0. The third kappa shape index (κ3) is 1.19. The van der Waals surface area contributed by atoms with E-state index in [0.29, 0.717) is 6.42 Å². The van der Waals surface area contributed by atoms with Gasteiger partial charge in [0.15, 0.2) is 0 Å². The van der Waals surface area contributed by atoms with Crippen molar-refractivity contribution in [2.75, 3.05) is 7.05 Å². The smallest absolute Gasteiger partial charge is 0.324 e. The zero-order valence-corrected chi connectivity index (χ0v) is 7.90. The minimum absolute atomic E-state index is 0.00574. The predicted molar refractivity (Wildman–Crippen MR) is 51.0 cm³/mol. The summed E-state index contributed by atoms with van der Waals surface area (Å²) in [6.45, 7) is 0. The Bertz CT molecular complexity index is 352. The van der Waals surface area contributed by atoms with Crippen LogP contribution in [0.4, 0.5) is 0 Å². The average molecular weight is 192 g/mol. The number of nitrogens with zero attached hydrogens (tertiary/aromatic N) is 1. The molecule has 1 unspecified atom stereocenters. The van der Waals surface area contributed by atoms with E-state index >= 15 is 0 Å². The summed E-state index contributed by atoms with van der Waals surface area (Å²) in [6, 6.07) is 5.57. The van der Waals surface area contributed by atoms with E-state index in [1.54, 1.807) is 13.2 Å². The van der Waals surface area contributed by atoms with Gasteiger partial charge in [-0.05, 0) is 25.6 Å². The second kappa shape index (κ2) is 3.06. The minimum atomic E-state index is -0.796. The number of aromatic nitrogens is 1.